The van der Waals surface area contributed by atoms with E-state index in [1.54, 1.807) is 36.2 Å². The van der Waals surface area contributed by atoms with Crippen molar-refractivity contribution in [3.8, 4) is 11.3 Å². The Morgan fingerprint density at radius 1 is 1.11 bits per heavy atom. The topological polar surface area (TPSA) is 75.7 Å². The van der Waals surface area contributed by atoms with Crippen LogP contribution in [0.5, 0.6) is 0 Å². The molecule has 0 bridgehead atoms. The maximum atomic E-state index is 12.2. The molecule has 0 aliphatic heterocycles. The zero-order valence-electron chi connectivity index (χ0n) is 14.8. The highest BCUT2D eigenvalue weighted by molar-refractivity contribution is 6.30. The summed E-state index contributed by atoms with van der Waals surface area (Å²) < 4.78 is 10.8. The first kappa shape index (κ1) is 18.8. The minimum Gasteiger partial charge on any atom is -0.459 e. The van der Waals surface area contributed by atoms with Crippen molar-refractivity contribution in [2.24, 2.45) is 0 Å². The fraction of sp³-hybridized carbons (Fsp3) is 0.200. The molecule has 0 spiro atoms. The van der Waals surface area contributed by atoms with Gasteiger partial charge in [-0.1, -0.05) is 11.6 Å². The largest absolute Gasteiger partial charge is 0.459 e. The van der Waals surface area contributed by atoms with Gasteiger partial charge in [-0.3, -0.25) is 9.59 Å². The van der Waals surface area contributed by atoms with E-state index in [1.165, 1.54) is 6.26 Å². The summed E-state index contributed by atoms with van der Waals surface area (Å²) in [5.41, 5.74) is 0.917. The van der Waals surface area contributed by atoms with Crippen molar-refractivity contribution in [1.82, 2.24) is 10.2 Å². The normalized spacial score (nSPS) is 10.6. The number of halogens is 1. The molecule has 1 aromatic carbocycles. The van der Waals surface area contributed by atoms with Gasteiger partial charge in [-0.15, -0.1) is 0 Å². The molecule has 6 nitrogen and oxygen atoms in total. The standard InChI is InChI=1S/C20H19ClN2O4/c1-23(19(24)10-11-22-20(25)18-3-2-12-26-18)13-16-8-9-17(27-16)14-4-6-15(21)7-5-14/h2-9,12H,10-11,13H2,1H3,(H,22,25). The van der Waals surface area contributed by atoms with E-state index in [4.69, 9.17) is 20.4 Å². The number of hydrogen-bond acceptors (Lipinski definition) is 4. The first-order chi connectivity index (χ1) is 13.0. The average molecular weight is 387 g/mol. The molecule has 0 fully saturated rings. The van der Waals surface area contributed by atoms with Crippen LogP contribution in [0.3, 0.4) is 0 Å². The van der Waals surface area contributed by atoms with Crippen LogP contribution in [0.4, 0.5) is 0 Å². The number of nitrogens with zero attached hydrogens (tertiary/aromatic N) is 1. The molecule has 0 unspecified atom stereocenters. The minimum absolute atomic E-state index is 0.0980. The number of benzene rings is 1. The summed E-state index contributed by atoms with van der Waals surface area (Å²) in [6.07, 6.45) is 1.61. The lowest BCUT2D eigenvalue weighted by Gasteiger charge is -2.15. The Bertz CT molecular complexity index is 900. The van der Waals surface area contributed by atoms with Crippen molar-refractivity contribution in [3.05, 3.63) is 71.3 Å². The van der Waals surface area contributed by atoms with Gasteiger partial charge in [0.1, 0.15) is 11.5 Å². The molecule has 1 N–H and O–H groups in total. The van der Waals surface area contributed by atoms with E-state index >= 15 is 0 Å². The second-order valence-electron chi connectivity index (χ2n) is 6.01. The van der Waals surface area contributed by atoms with Gasteiger partial charge in [-0.2, -0.15) is 0 Å². The van der Waals surface area contributed by atoms with Crippen LogP contribution >= 0.6 is 11.6 Å². The van der Waals surface area contributed by atoms with Crippen molar-refractivity contribution in [2.75, 3.05) is 13.6 Å². The van der Waals surface area contributed by atoms with Gasteiger partial charge in [-0.05, 0) is 48.5 Å². The second kappa shape index (κ2) is 8.60. The number of carbonyl (C=O) groups excluding carboxylic acids is 2. The third-order valence-electron chi connectivity index (χ3n) is 3.98. The van der Waals surface area contributed by atoms with Gasteiger partial charge in [0, 0.05) is 30.6 Å². The number of furan rings is 2. The molecule has 0 atom stereocenters. The zero-order valence-corrected chi connectivity index (χ0v) is 15.5. The Morgan fingerprint density at radius 2 is 1.89 bits per heavy atom. The third-order valence-corrected chi connectivity index (χ3v) is 4.23. The lowest BCUT2D eigenvalue weighted by atomic mass is 10.2. The highest BCUT2D eigenvalue weighted by Crippen LogP contribution is 2.24. The average Bonchev–Trinajstić information content (AvgIpc) is 3.34. The van der Waals surface area contributed by atoms with Crippen LogP contribution in [0, 0.1) is 0 Å². The third kappa shape index (κ3) is 5.01. The van der Waals surface area contributed by atoms with Gasteiger partial charge < -0.3 is 19.1 Å². The minimum atomic E-state index is -0.339. The first-order valence-corrected chi connectivity index (χ1v) is 8.81. The zero-order chi connectivity index (χ0) is 19.2. The summed E-state index contributed by atoms with van der Waals surface area (Å²) >= 11 is 5.89. The van der Waals surface area contributed by atoms with E-state index in [1.807, 2.05) is 24.3 Å². The van der Waals surface area contributed by atoms with Crippen molar-refractivity contribution >= 4 is 23.4 Å². The molecule has 0 radical (unpaired) electrons. The highest BCUT2D eigenvalue weighted by atomic mass is 35.5. The molecule has 2 heterocycles. The smallest absolute Gasteiger partial charge is 0.286 e. The summed E-state index contributed by atoms with van der Waals surface area (Å²) in [4.78, 5) is 25.5. The predicted octanol–water partition coefficient (Wildman–Crippen LogP) is 3.97. The summed E-state index contributed by atoms with van der Waals surface area (Å²) in [5, 5.41) is 3.31. The van der Waals surface area contributed by atoms with Crippen molar-refractivity contribution in [3.63, 3.8) is 0 Å². The molecular formula is C20H19ClN2O4. The van der Waals surface area contributed by atoms with Gasteiger partial charge in [0.25, 0.3) is 5.91 Å². The summed E-state index contributed by atoms with van der Waals surface area (Å²) in [5.74, 6) is 1.18. The summed E-state index contributed by atoms with van der Waals surface area (Å²) in [6.45, 7) is 0.579. The van der Waals surface area contributed by atoms with Crippen LogP contribution in [0.2, 0.25) is 5.02 Å². The Kier molecular flexibility index (Phi) is 5.98. The van der Waals surface area contributed by atoms with Gasteiger partial charge in [0.2, 0.25) is 5.91 Å². The number of rotatable bonds is 7. The monoisotopic (exact) mass is 386 g/mol. The van der Waals surface area contributed by atoms with Gasteiger partial charge in [0.05, 0.1) is 12.8 Å². The van der Waals surface area contributed by atoms with E-state index < -0.39 is 0 Å². The molecular weight excluding hydrogens is 368 g/mol. The van der Waals surface area contributed by atoms with Gasteiger partial charge >= 0.3 is 0 Å². The lowest BCUT2D eigenvalue weighted by molar-refractivity contribution is -0.130. The molecule has 2 amide bonds. The number of nitrogens with one attached hydrogen (secondary N) is 1. The summed E-state index contributed by atoms with van der Waals surface area (Å²) in [6, 6.07) is 14.3. The van der Waals surface area contributed by atoms with Crippen LogP contribution in [-0.4, -0.2) is 30.3 Å². The molecule has 140 valence electrons. The van der Waals surface area contributed by atoms with E-state index in [9.17, 15) is 9.59 Å². The Balaban J connectivity index is 1.48. The van der Waals surface area contributed by atoms with E-state index in [0.717, 1.165) is 5.56 Å². The molecule has 0 aliphatic rings. The summed E-state index contributed by atoms with van der Waals surface area (Å²) in [7, 11) is 1.70. The number of amides is 2. The maximum Gasteiger partial charge on any atom is 0.286 e. The lowest BCUT2D eigenvalue weighted by Crippen LogP contribution is -2.31. The quantitative estimate of drug-likeness (QED) is 0.666. The fourth-order valence-corrected chi connectivity index (χ4v) is 2.65. The highest BCUT2D eigenvalue weighted by Gasteiger charge is 2.14. The fourth-order valence-electron chi connectivity index (χ4n) is 2.52. The van der Waals surface area contributed by atoms with Crippen LogP contribution in [0.25, 0.3) is 11.3 Å². The number of hydrogen-bond donors (Lipinski definition) is 1. The molecule has 27 heavy (non-hydrogen) atoms. The molecule has 0 saturated carbocycles. The van der Waals surface area contributed by atoms with Crippen LogP contribution in [0.15, 0.2) is 63.6 Å². The maximum absolute atomic E-state index is 12.2. The van der Waals surface area contributed by atoms with Gasteiger partial charge in [0.15, 0.2) is 5.76 Å². The Morgan fingerprint density at radius 3 is 2.59 bits per heavy atom. The Hall–Kier alpha value is -2.99. The van der Waals surface area contributed by atoms with E-state index in [-0.39, 0.29) is 30.5 Å². The van der Waals surface area contributed by atoms with Crippen molar-refractivity contribution in [2.45, 2.75) is 13.0 Å². The molecule has 0 saturated heterocycles. The van der Waals surface area contributed by atoms with Crippen LogP contribution in [0.1, 0.15) is 22.7 Å². The molecule has 3 rings (SSSR count). The van der Waals surface area contributed by atoms with Gasteiger partial charge in [-0.25, -0.2) is 0 Å². The SMILES string of the molecule is CN(Cc1ccc(-c2ccc(Cl)cc2)o1)C(=O)CCNC(=O)c1ccco1. The molecule has 3 aromatic rings. The van der Waals surface area contributed by atoms with E-state index in [2.05, 4.69) is 5.32 Å². The Labute approximate surface area is 161 Å². The van der Waals surface area contributed by atoms with Crippen molar-refractivity contribution in [1.29, 1.82) is 0 Å². The predicted molar refractivity (Wildman–Crippen MR) is 101 cm³/mol. The van der Waals surface area contributed by atoms with Crippen molar-refractivity contribution < 1.29 is 18.4 Å². The van der Waals surface area contributed by atoms with Crippen LogP contribution < -0.4 is 5.32 Å². The number of carbonyl (C=O) groups is 2. The van der Waals surface area contributed by atoms with E-state index in [0.29, 0.717) is 23.1 Å². The second-order valence-corrected chi connectivity index (χ2v) is 6.44. The van der Waals surface area contributed by atoms with Crippen LogP contribution in [-0.2, 0) is 11.3 Å². The first-order valence-electron chi connectivity index (χ1n) is 8.43. The molecule has 0 aliphatic carbocycles. The molecule has 2 aromatic heterocycles. The molecule has 7 heteroatoms.